The first-order chi connectivity index (χ1) is 14.5. The highest BCUT2D eigenvalue weighted by Gasteiger charge is 2.29. The molecule has 0 saturated carbocycles. The van der Waals surface area contributed by atoms with Gasteiger partial charge in [0.2, 0.25) is 0 Å². The first kappa shape index (κ1) is 18.6. The van der Waals surface area contributed by atoms with Gasteiger partial charge in [-0.3, -0.25) is 14.5 Å². The number of rotatable bonds is 4. The summed E-state index contributed by atoms with van der Waals surface area (Å²) in [6.07, 6.45) is 1.71. The summed E-state index contributed by atoms with van der Waals surface area (Å²) in [5.41, 5.74) is 3.86. The standard InChI is InChI=1S/C23H19N3O3S/c1-13-23(25-14(2)30-13)15-7-8-21-19(9-15)26(22(28)12-29-21)11-20(27)17-10-24-18-6-4-3-5-16(17)18/h3-10,24H,11-12H2,1-2H3. The minimum absolute atomic E-state index is 0.0461. The molecule has 2 aromatic carbocycles. The monoisotopic (exact) mass is 417 g/mol. The number of nitrogens with one attached hydrogen (secondary N) is 1. The molecular weight excluding hydrogens is 398 g/mol. The number of nitrogens with zero attached hydrogens (tertiary/aromatic N) is 2. The van der Waals surface area contributed by atoms with Crippen LogP contribution in [0.1, 0.15) is 20.2 Å². The number of H-pyrrole nitrogens is 1. The molecule has 0 fully saturated rings. The maximum Gasteiger partial charge on any atom is 0.265 e. The summed E-state index contributed by atoms with van der Waals surface area (Å²) in [5, 5.41) is 1.84. The predicted octanol–water partition coefficient (Wildman–Crippen LogP) is 4.52. The average molecular weight is 417 g/mol. The number of fused-ring (bicyclic) bond motifs is 2. The van der Waals surface area contributed by atoms with E-state index < -0.39 is 0 Å². The van der Waals surface area contributed by atoms with Crippen LogP contribution in [0.2, 0.25) is 0 Å². The third kappa shape index (κ3) is 3.07. The van der Waals surface area contributed by atoms with Crippen LogP contribution in [0.15, 0.2) is 48.7 Å². The summed E-state index contributed by atoms with van der Waals surface area (Å²) in [5.74, 6) is 0.230. The van der Waals surface area contributed by atoms with Crippen molar-refractivity contribution in [2.75, 3.05) is 18.1 Å². The number of anilines is 1. The van der Waals surface area contributed by atoms with Crippen molar-refractivity contribution in [2.45, 2.75) is 13.8 Å². The number of carbonyl (C=O) groups excluding carboxylic acids is 2. The Labute approximate surface area is 177 Å². The van der Waals surface area contributed by atoms with Crippen molar-refractivity contribution in [1.82, 2.24) is 9.97 Å². The Morgan fingerprint density at radius 1 is 1.23 bits per heavy atom. The van der Waals surface area contributed by atoms with Gasteiger partial charge in [-0.25, -0.2) is 4.98 Å². The van der Waals surface area contributed by atoms with E-state index in [2.05, 4.69) is 9.97 Å². The van der Waals surface area contributed by atoms with E-state index in [4.69, 9.17) is 4.74 Å². The SMILES string of the molecule is Cc1nc(-c2ccc3c(c2)N(CC(=O)c2c[nH]c4ccccc24)C(=O)CO3)c(C)s1. The Morgan fingerprint density at radius 3 is 2.87 bits per heavy atom. The molecule has 0 atom stereocenters. The number of carbonyl (C=O) groups is 2. The van der Waals surface area contributed by atoms with Crippen molar-refractivity contribution >= 4 is 39.6 Å². The van der Waals surface area contributed by atoms with Gasteiger partial charge in [0.05, 0.1) is 22.9 Å². The van der Waals surface area contributed by atoms with E-state index >= 15 is 0 Å². The van der Waals surface area contributed by atoms with E-state index in [9.17, 15) is 9.59 Å². The van der Waals surface area contributed by atoms with Gasteiger partial charge >= 0.3 is 0 Å². The Bertz CT molecular complexity index is 1300. The van der Waals surface area contributed by atoms with Crippen molar-refractivity contribution in [1.29, 1.82) is 0 Å². The van der Waals surface area contributed by atoms with Gasteiger partial charge in [-0.1, -0.05) is 18.2 Å². The Morgan fingerprint density at radius 2 is 2.07 bits per heavy atom. The zero-order valence-corrected chi connectivity index (χ0v) is 17.4. The van der Waals surface area contributed by atoms with Crippen LogP contribution in [-0.2, 0) is 4.79 Å². The summed E-state index contributed by atoms with van der Waals surface area (Å²) < 4.78 is 5.61. The molecule has 0 bridgehead atoms. The van der Waals surface area contributed by atoms with Crippen LogP contribution < -0.4 is 9.64 Å². The third-order valence-electron chi connectivity index (χ3n) is 5.27. The highest BCUT2D eigenvalue weighted by Crippen LogP contribution is 2.37. The molecule has 0 saturated heterocycles. The largest absolute Gasteiger partial charge is 0.482 e. The van der Waals surface area contributed by atoms with Crippen molar-refractivity contribution in [3.8, 4) is 17.0 Å². The molecule has 2 aromatic heterocycles. The minimum Gasteiger partial charge on any atom is -0.482 e. The smallest absolute Gasteiger partial charge is 0.265 e. The molecule has 0 radical (unpaired) electrons. The number of aryl methyl sites for hydroxylation is 2. The Balaban J connectivity index is 1.52. The number of hydrogen-bond donors (Lipinski definition) is 1. The number of para-hydroxylation sites is 1. The normalized spacial score (nSPS) is 13.4. The van der Waals surface area contributed by atoms with Crippen LogP contribution in [0, 0.1) is 13.8 Å². The fourth-order valence-electron chi connectivity index (χ4n) is 3.85. The summed E-state index contributed by atoms with van der Waals surface area (Å²) in [6.45, 7) is 3.87. The third-order valence-corrected chi connectivity index (χ3v) is 6.16. The molecule has 1 amide bonds. The van der Waals surface area contributed by atoms with Crippen LogP contribution in [-0.4, -0.2) is 34.8 Å². The van der Waals surface area contributed by atoms with E-state index in [1.54, 1.807) is 17.5 Å². The van der Waals surface area contributed by atoms with E-state index in [0.717, 1.165) is 32.0 Å². The van der Waals surface area contributed by atoms with Gasteiger partial charge in [-0.05, 0) is 38.1 Å². The van der Waals surface area contributed by atoms with Crippen molar-refractivity contribution in [3.05, 3.63) is 64.1 Å². The van der Waals surface area contributed by atoms with Gasteiger partial charge in [0.1, 0.15) is 5.75 Å². The molecule has 3 heterocycles. The fourth-order valence-corrected chi connectivity index (χ4v) is 4.69. The summed E-state index contributed by atoms with van der Waals surface area (Å²) >= 11 is 1.63. The lowest BCUT2D eigenvalue weighted by Gasteiger charge is -2.29. The lowest BCUT2D eigenvalue weighted by Crippen LogP contribution is -2.42. The molecular formula is C23H19N3O3S. The van der Waals surface area contributed by atoms with Crippen LogP contribution >= 0.6 is 11.3 Å². The number of aromatic nitrogens is 2. The lowest BCUT2D eigenvalue weighted by molar-refractivity contribution is -0.121. The van der Waals surface area contributed by atoms with Gasteiger partial charge < -0.3 is 9.72 Å². The molecule has 1 aliphatic heterocycles. The highest BCUT2D eigenvalue weighted by molar-refractivity contribution is 7.11. The molecule has 150 valence electrons. The van der Waals surface area contributed by atoms with Crippen molar-refractivity contribution in [3.63, 3.8) is 0 Å². The molecule has 5 rings (SSSR count). The topological polar surface area (TPSA) is 75.3 Å². The lowest BCUT2D eigenvalue weighted by atomic mass is 10.1. The quantitative estimate of drug-likeness (QED) is 0.496. The number of ether oxygens (including phenoxy) is 1. The highest BCUT2D eigenvalue weighted by atomic mass is 32.1. The number of ketones is 1. The van der Waals surface area contributed by atoms with Crippen LogP contribution in [0.25, 0.3) is 22.2 Å². The van der Waals surface area contributed by atoms with Gasteiger partial charge in [-0.15, -0.1) is 11.3 Å². The summed E-state index contributed by atoms with van der Waals surface area (Å²) in [6, 6.07) is 13.3. The summed E-state index contributed by atoms with van der Waals surface area (Å²) in [7, 11) is 0. The Kier molecular flexibility index (Phi) is 4.40. The predicted molar refractivity (Wildman–Crippen MR) is 118 cm³/mol. The van der Waals surface area contributed by atoms with Crippen molar-refractivity contribution in [2.24, 2.45) is 0 Å². The molecule has 30 heavy (non-hydrogen) atoms. The number of aromatic amines is 1. The second-order valence-electron chi connectivity index (χ2n) is 7.26. The molecule has 0 aliphatic carbocycles. The van der Waals surface area contributed by atoms with Crippen LogP contribution in [0.3, 0.4) is 0 Å². The number of thiazole rings is 1. The fraction of sp³-hybridized carbons (Fsp3) is 0.174. The molecule has 0 unspecified atom stereocenters. The van der Waals surface area contributed by atoms with E-state index in [1.165, 1.54) is 4.90 Å². The summed E-state index contributed by atoms with van der Waals surface area (Å²) in [4.78, 5) is 36.1. The first-order valence-electron chi connectivity index (χ1n) is 9.62. The van der Waals surface area contributed by atoms with Gasteiger partial charge in [0.25, 0.3) is 5.91 Å². The Hall–Kier alpha value is -3.45. The second kappa shape index (κ2) is 7.11. The number of Topliss-reactive ketones (excluding diaryl/α,β-unsaturated/α-hetero) is 1. The molecule has 4 aromatic rings. The molecule has 1 N–H and O–H groups in total. The zero-order valence-electron chi connectivity index (χ0n) is 16.6. The average Bonchev–Trinajstić information content (AvgIpc) is 3.32. The maximum atomic E-state index is 13.1. The van der Waals surface area contributed by atoms with E-state index in [1.807, 2.05) is 56.3 Å². The van der Waals surface area contributed by atoms with E-state index in [-0.39, 0.29) is 24.8 Å². The molecule has 0 spiro atoms. The molecule has 1 aliphatic rings. The number of amides is 1. The maximum absolute atomic E-state index is 13.1. The first-order valence-corrected chi connectivity index (χ1v) is 10.4. The van der Waals surface area contributed by atoms with Crippen LogP contribution in [0.4, 0.5) is 5.69 Å². The van der Waals surface area contributed by atoms with Gasteiger partial charge in [0.15, 0.2) is 12.4 Å². The van der Waals surface area contributed by atoms with Gasteiger partial charge in [0, 0.05) is 33.1 Å². The molecule has 6 nitrogen and oxygen atoms in total. The van der Waals surface area contributed by atoms with Crippen molar-refractivity contribution < 1.29 is 14.3 Å². The van der Waals surface area contributed by atoms with E-state index in [0.29, 0.717) is 17.0 Å². The number of hydrogen-bond acceptors (Lipinski definition) is 5. The second-order valence-corrected chi connectivity index (χ2v) is 8.67. The zero-order chi connectivity index (χ0) is 20.8. The minimum atomic E-state index is -0.237. The molecule has 7 heteroatoms. The van der Waals surface area contributed by atoms with Gasteiger partial charge in [-0.2, -0.15) is 0 Å². The van der Waals surface area contributed by atoms with Crippen LogP contribution in [0.5, 0.6) is 5.75 Å². The number of benzene rings is 2.